The van der Waals surface area contributed by atoms with Gasteiger partial charge in [-0.2, -0.15) is 5.10 Å². The van der Waals surface area contributed by atoms with Crippen LogP contribution in [0.2, 0.25) is 0 Å². The van der Waals surface area contributed by atoms with Crippen LogP contribution in [-0.4, -0.2) is 9.78 Å². The Balaban J connectivity index is 1.70. The number of hydrogen-bond acceptors (Lipinski definition) is 2. The summed E-state index contributed by atoms with van der Waals surface area (Å²) in [4.78, 5) is 0. The van der Waals surface area contributed by atoms with Crippen LogP contribution in [0.15, 0.2) is 79.0 Å². The maximum atomic E-state index is 13.1. The number of fused-ring (bicyclic) bond motifs is 1. The first-order valence-corrected chi connectivity index (χ1v) is 7.26. The number of rotatable bonds is 3. The van der Waals surface area contributed by atoms with E-state index in [0.717, 1.165) is 28.1 Å². The molecule has 0 saturated carbocycles. The molecule has 4 aromatic rings. The number of nitrogens with zero attached hydrogens (tertiary/aromatic N) is 2. The molecule has 4 rings (SSSR count). The van der Waals surface area contributed by atoms with Crippen LogP contribution in [0.5, 0.6) is 11.5 Å². The Morgan fingerprint density at radius 1 is 0.826 bits per heavy atom. The highest BCUT2D eigenvalue weighted by atomic mass is 19.1. The zero-order valence-corrected chi connectivity index (χ0v) is 12.2. The van der Waals surface area contributed by atoms with Crippen LogP contribution in [-0.2, 0) is 0 Å². The average Bonchev–Trinajstić information content (AvgIpc) is 3.00. The molecule has 1 heterocycles. The lowest BCUT2D eigenvalue weighted by atomic mass is 10.2. The molecule has 0 N–H and O–H groups in total. The van der Waals surface area contributed by atoms with Crippen molar-refractivity contribution in [3.8, 4) is 17.2 Å². The number of hydrogen-bond donors (Lipinski definition) is 0. The predicted octanol–water partition coefficient (Wildman–Crippen LogP) is 4.96. The number of aromatic nitrogens is 2. The van der Waals surface area contributed by atoms with Crippen molar-refractivity contribution in [2.75, 3.05) is 0 Å². The van der Waals surface area contributed by atoms with E-state index in [1.165, 1.54) is 12.1 Å². The Hall–Kier alpha value is -3.14. The summed E-state index contributed by atoms with van der Waals surface area (Å²) < 4.78 is 20.7. The second-order valence-electron chi connectivity index (χ2n) is 5.17. The first kappa shape index (κ1) is 13.5. The van der Waals surface area contributed by atoms with E-state index >= 15 is 0 Å². The van der Waals surface area contributed by atoms with Gasteiger partial charge in [-0.1, -0.05) is 18.2 Å². The molecule has 4 heteroatoms. The molecular formula is C19H13FN2O. The summed E-state index contributed by atoms with van der Waals surface area (Å²) in [6.45, 7) is 0. The first-order chi connectivity index (χ1) is 11.3. The Morgan fingerprint density at radius 3 is 2.39 bits per heavy atom. The van der Waals surface area contributed by atoms with Crippen molar-refractivity contribution in [2.45, 2.75) is 0 Å². The molecule has 0 saturated heterocycles. The smallest absolute Gasteiger partial charge is 0.128 e. The van der Waals surface area contributed by atoms with Gasteiger partial charge in [0, 0.05) is 5.39 Å². The van der Waals surface area contributed by atoms with Gasteiger partial charge in [-0.25, -0.2) is 9.07 Å². The van der Waals surface area contributed by atoms with Gasteiger partial charge in [-0.3, -0.25) is 0 Å². The standard InChI is InChI=1S/C19H13FN2O/c20-15-6-8-16(9-7-15)22-19-11-10-18(12-14(19)13-21-22)23-17-4-2-1-3-5-17/h1-13H. The van der Waals surface area contributed by atoms with Crippen molar-refractivity contribution in [3.63, 3.8) is 0 Å². The van der Waals surface area contributed by atoms with E-state index in [2.05, 4.69) is 5.10 Å². The number of ether oxygens (including phenoxy) is 1. The summed E-state index contributed by atoms with van der Waals surface area (Å²) >= 11 is 0. The lowest BCUT2D eigenvalue weighted by molar-refractivity contribution is 0.483. The van der Waals surface area contributed by atoms with Gasteiger partial charge in [0.25, 0.3) is 0 Å². The second kappa shape index (κ2) is 5.57. The minimum absolute atomic E-state index is 0.260. The van der Waals surface area contributed by atoms with Gasteiger partial charge in [0.05, 0.1) is 17.4 Å². The van der Waals surface area contributed by atoms with Crippen molar-refractivity contribution in [1.82, 2.24) is 9.78 Å². The van der Waals surface area contributed by atoms with Crippen LogP contribution in [0.3, 0.4) is 0 Å². The Labute approximate surface area is 132 Å². The molecule has 0 amide bonds. The van der Waals surface area contributed by atoms with E-state index in [1.807, 2.05) is 48.5 Å². The van der Waals surface area contributed by atoms with Gasteiger partial charge in [-0.05, 0) is 54.6 Å². The third kappa shape index (κ3) is 2.66. The highest BCUT2D eigenvalue weighted by Gasteiger charge is 2.07. The molecule has 3 aromatic carbocycles. The van der Waals surface area contributed by atoms with Crippen LogP contribution >= 0.6 is 0 Å². The summed E-state index contributed by atoms with van der Waals surface area (Å²) in [6, 6.07) is 21.7. The second-order valence-corrected chi connectivity index (χ2v) is 5.17. The molecule has 0 fully saturated rings. The van der Waals surface area contributed by atoms with E-state index in [1.54, 1.807) is 23.0 Å². The van der Waals surface area contributed by atoms with E-state index in [9.17, 15) is 4.39 Å². The van der Waals surface area contributed by atoms with E-state index < -0.39 is 0 Å². The Morgan fingerprint density at radius 2 is 1.61 bits per heavy atom. The van der Waals surface area contributed by atoms with Crippen LogP contribution in [0.1, 0.15) is 0 Å². The molecule has 0 radical (unpaired) electrons. The van der Waals surface area contributed by atoms with Crippen molar-refractivity contribution in [2.24, 2.45) is 0 Å². The van der Waals surface area contributed by atoms with E-state index in [0.29, 0.717) is 0 Å². The van der Waals surface area contributed by atoms with Gasteiger partial charge in [-0.15, -0.1) is 0 Å². The average molecular weight is 304 g/mol. The van der Waals surface area contributed by atoms with Crippen molar-refractivity contribution >= 4 is 10.9 Å². The van der Waals surface area contributed by atoms with Gasteiger partial charge < -0.3 is 4.74 Å². The Bertz CT molecular complexity index is 946. The Kier molecular flexibility index (Phi) is 3.27. The SMILES string of the molecule is Fc1ccc(-n2ncc3cc(Oc4ccccc4)ccc32)cc1. The zero-order valence-electron chi connectivity index (χ0n) is 12.2. The molecule has 0 bridgehead atoms. The van der Waals surface area contributed by atoms with Gasteiger partial charge in [0.1, 0.15) is 17.3 Å². The molecule has 0 aliphatic rings. The minimum Gasteiger partial charge on any atom is -0.457 e. The maximum absolute atomic E-state index is 13.1. The van der Waals surface area contributed by atoms with Gasteiger partial charge in [0.2, 0.25) is 0 Å². The lowest BCUT2D eigenvalue weighted by Gasteiger charge is -2.06. The van der Waals surface area contributed by atoms with Crippen molar-refractivity contribution in [3.05, 3.63) is 84.8 Å². The fourth-order valence-corrected chi connectivity index (χ4v) is 2.49. The summed E-state index contributed by atoms with van der Waals surface area (Å²) in [5.41, 5.74) is 1.76. The topological polar surface area (TPSA) is 27.1 Å². The summed E-state index contributed by atoms with van der Waals surface area (Å²) in [6.07, 6.45) is 1.77. The van der Waals surface area contributed by atoms with Gasteiger partial charge >= 0.3 is 0 Å². The molecule has 0 aliphatic heterocycles. The van der Waals surface area contributed by atoms with E-state index in [-0.39, 0.29) is 5.82 Å². The lowest BCUT2D eigenvalue weighted by Crippen LogP contribution is -1.95. The van der Waals surface area contributed by atoms with Crippen LogP contribution in [0.25, 0.3) is 16.6 Å². The van der Waals surface area contributed by atoms with Gasteiger partial charge in [0.15, 0.2) is 0 Å². The first-order valence-electron chi connectivity index (χ1n) is 7.26. The third-order valence-electron chi connectivity index (χ3n) is 3.59. The number of para-hydroxylation sites is 1. The minimum atomic E-state index is -0.260. The molecule has 0 spiro atoms. The molecule has 23 heavy (non-hydrogen) atoms. The molecule has 0 unspecified atom stereocenters. The van der Waals surface area contributed by atoms with Crippen LogP contribution in [0, 0.1) is 5.82 Å². The molecule has 0 aliphatic carbocycles. The monoisotopic (exact) mass is 304 g/mol. The summed E-state index contributed by atoms with van der Waals surface area (Å²) in [5, 5.41) is 5.34. The summed E-state index contributed by atoms with van der Waals surface area (Å²) in [7, 11) is 0. The molecule has 1 aromatic heterocycles. The van der Waals surface area contributed by atoms with Crippen LogP contribution in [0.4, 0.5) is 4.39 Å². The van der Waals surface area contributed by atoms with Crippen molar-refractivity contribution in [1.29, 1.82) is 0 Å². The van der Waals surface area contributed by atoms with E-state index in [4.69, 9.17) is 4.74 Å². The summed E-state index contributed by atoms with van der Waals surface area (Å²) in [5.74, 6) is 1.28. The third-order valence-corrected chi connectivity index (χ3v) is 3.59. The quantitative estimate of drug-likeness (QED) is 0.535. The fraction of sp³-hybridized carbons (Fsp3) is 0. The van der Waals surface area contributed by atoms with Crippen LogP contribution < -0.4 is 4.74 Å². The molecule has 0 atom stereocenters. The fourth-order valence-electron chi connectivity index (χ4n) is 2.49. The number of benzene rings is 3. The number of halogens is 1. The molecule has 112 valence electrons. The maximum Gasteiger partial charge on any atom is 0.128 e. The highest BCUT2D eigenvalue weighted by molar-refractivity contribution is 5.81. The molecular weight excluding hydrogens is 291 g/mol. The largest absolute Gasteiger partial charge is 0.457 e. The van der Waals surface area contributed by atoms with Crippen molar-refractivity contribution < 1.29 is 9.13 Å². The zero-order chi connectivity index (χ0) is 15.6. The predicted molar refractivity (Wildman–Crippen MR) is 87.5 cm³/mol. The normalized spacial score (nSPS) is 10.8. The highest BCUT2D eigenvalue weighted by Crippen LogP contribution is 2.26. The molecule has 3 nitrogen and oxygen atoms in total.